The number of nitrogens with zero attached hydrogens (tertiary/aromatic N) is 3. The second-order valence-corrected chi connectivity index (χ2v) is 15.6. The first-order valence-electron chi connectivity index (χ1n) is 18.5. The van der Waals surface area contributed by atoms with Gasteiger partial charge in [-0.1, -0.05) is 62.4 Å². The molecule has 1 fully saturated rings. The minimum Gasteiger partial charge on any atom is -0.348 e. The van der Waals surface area contributed by atoms with E-state index in [-0.39, 0.29) is 72.4 Å². The number of benzene rings is 3. The van der Waals surface area contributed by atoms with Crippen molar-refractivity contribution < 1.29 is 22.8 Å². The topological polar surface area (TPSA) is 198 Å². The van der Waals surface area contributed by atoms with Crippen LogP contribution in [0.3, 0.4) is 0 Å². The van der Waals surface area contributed by atoms with Crippen LogP contribution >= 0.6 is 0 Å². The predicted molar refractivity (Wildman–Crippen MR) is 220 cm³/mol. The van der Waals surface area contributed by atoms with Crippen molar-refractivity contribution in [1.29, 1.82) is 10.8 Å². The molecule has 1 aliphatic rings. The molecule has 0 spiro atoms. The van der Waals surface area contributed by atoms with Crippen LogP contribution in [0.5, 0.6) is 0 Å². The second-order valence-electron chi connectivity index (χ2n) is 13.9. The normalized spacial score (nSPS) is 15.8. The van der Waals surface area contributed by atoms with Crippen molar-refractivity contribution in [2.45, 2.75) is 64.0 Å². The summed E-state index contributed by atoms with van der Waals surface area (Å²) in [5.41, 5.74) is 3.27. The smallest absolute Gasteiger partial charge is 0.301 e. The maximum atomic E-state index is 14.1. The van der Waals surface area contributed by atoms with Crippen LogP contribution in [-0.4, -0.2) is 80.7 Å². The molecule has 0 radical (unpaired) electrons. The highest BCUT2D eigenvalue weighted by Crippen LogP contribution is 2.27. The molecule has 0 bridgehead atoms. The molecule has 0 aliphatic carbocycles. The lowest BCUT2D eigenvalue weighted by molar-refractivity contribution is -0.119. The first-order chi connectivity index (χ1) is 26.8. The molecule has 5 rings (SSSR count). The maximum Gasteiger partial charge on any atom is 0.301 e. The van der Waals surface area contributed by atoms with Crippen molar-refractivity contribution in [2.75, 3.05) is 23.9 Å². The molecule has 56 heavy (non-hydrogen) atoms. The van der Waals surface area contributed by atoms with Gasteiger partial charge in [0.1, 0.15) is 0 Å². The lowest BCUT2D eigenvalue weighted by Gasteiger charge is -2.29. The van der Waals surface area contributed by atoms with E-state index in [4.69, 9.17) is 10.8 Å². The number of carbonyl (C=O) groups is 3. The van der Waals surface area contributed by atoms with Gasteiger partial charge in [0.05, 0.1) is 23.1 Å². The number of carbonyl (C=O) groups excluding carboxylic acids is 3. The fraction of sp³-hybridized carbons (Fsp3) is 0.310. The number of rotatable bonds is 18. The Hall–Kier alpha value is -5.70. The van der Waals surface area contributed by atoms with Crippen LogP contribution in [0.25, 0.3) is 0 Å². The first-order valence-corrected chi connectivity index (χ1v) is 19.9. The Labute approximate surface area is 328 Å². The Balaban J connectivity index is 1.36. The number of aliphatic imine (C=N–C) groups is 1. The number of aromatic nitrogens is 1. The van der Waals surface area contributed by atoms with Crippen molar-refractivity contribution in [2.24, 2.45) is 4.99 Å². The van der Waals surface area contributed by atoms with E-state index in [2.05, 4.69) is 32.0 Å². The molecule has 292 valence electrons. The highest BCUT2D eigenvalue weighted by molar-refractivity contribution is 7.90. The van der Waals surface area contributed by atoms with Gasteiger partial charge in [0.25, 0.3) is 5.91 Å². The first kappa shape index (κ1) is 41.5. The molecule has 0 unspecified atom stereocenters. The summed E-state index contributed by atoms with van der Waals surface area (Å²) in [6, 6.07) is 24.9. The van der Waals surface area contributed by atoms with Gasteiger partial charge in [0.15, 0.2) is 5.78 Å². The zero-order valence-corrected chi connectivity index (χ0v) is 32.6. The lowest BCUT2D eigenvalue weighted by Crippen LogP contribution is -2.48. The fourth-order valence-electron chi connectivity index (χ4n) is 6.38. The average Bonchev–Trinajstić information content (AvgIpc) is 3.21. The number of anilines is 1. The summed E-state index contributed by atoms with van der Waals surface area (Å²) in [6.45, 7) is 9.41. The number of Topliss-reactive ketones (excluding diaryl/α,β-unsaturated/α-hetero) is 2. The van der Waals surface area contributed by atoms with E-state index >= 15 is 0 Å². The number of hydrogen-bond donors (Lipinski definition) is 5. The summed E-state index contributed by atoms with van der Waals surface area (Å²) in [4.78, 5) is 49.6. The summed E-state index contributed by atoms with van der Waals surface area (Å²) in [7, 11) is -3.95. The molecular weight excluding hydrogens is 729 g/mol. The molecule has 1 saturated heterocycles. The summed E-state index contributed by atoms with van der Waals surface area (Å²) in [5, 5.41) is 23.6. The summed E-state index contributed by atoms with van der Waals surface area (Å²) >= 11 is 0. The second kappa shape index (κ2) is 18.8. The van der Waals surface area contributed by atoms with Crippen LogP contribution in [0, 0.1) is 10.8 Å². The van der Waals surface area contributed by atoms with Gasteiger partial charge in [0, 0.05) is 79.1 Å². The van der Waals surface area contributed by atoms with Gasteiger partial charge in [-0.2, -0.15) is 13.1 Å². The van der Waals surface area contributed by atoms with Crippen molar-refractivity contribution in [3.63, 3.8) is 0 Å². The third-order valence-electron chi connectivity index (χ3n) is 9.95. The number of amides is 1. The van der Waals surface area contributed by atoms with Crippen LogP contribution in [0.4, 0.5) is 11.4 Å². The highest BCUT2D eigenvalue weighted by atomic mass is 32.2. The van der Waals surface area contributed by atoms with Gasteiger partial charge in [0.2, 0.25) is 5.78 Å². The van der Waals surface area contributed by atoms with E-state index in [0.29, 0.717) is 12.1 Å². The molecule has 5 N–H and O–H groups in total. The van der Waals surface area contributed by atoms with Gasteiger partial charge in [-0.15, -0.1) is 0 Å². The molecular formula is C42H48N8O5S. The zero-order valence-electron chi connectivity index (χ0n) is 31.8. The quantitative estimate of drug-likeness (QED) is 0.0643. The number of nitrogens with one attached hydrogen (secondary N) is 5. The number of ketones is 2. The monoisotopic (exact) mass is 776 g/mol. The van der Waals surface area contributed by atoms with Crippen LogP contribution in [-0.2, 0) is 21.4 Å². The molecule has 4 aromatic rings. The lowest BCUT2D eigenvalue weighted by atomic mass is 9.90. The zero-order chi connectivity index (χ0) is 40.4. The Morgan fingerprint density at radius 3 is 2.25 bits per heavy atom. The van der Waals surface area contributed by atoms with Crippen molar-refractivity contribution >= 4 is 57.2 Å². The van der Waals surface area contributed by atoms with E-state index in [1.165, 1.54) is 18.2 Å². The molecule has 4 atom stereocenters. The van der Waals surface area contributed by atoms with Gasteiger partial charge >= 0.3 is 10.2 Å². The average molecular weight is 777 g/mol. The van der Waals surface area contributed by atoms with E-state index in [0.717, 1.165) is 21.1 Å². The van der Waals surface area contributed by atoms with Crippen LogP contribution in [0.15, 0.2) is 102 Å². The van der Waals surface area contributed by atoms with Gasteiger partial charge in [-0.25, -0.2) is 0 Å². The number of hydrogen-bond acceptors (Lipinski definition) is 10. The molecule has 14 heteroatoms. The molecule has 1 aromatic heterocycles. The summed E-state index contributed by atoms with van der Waals surface area (Å²) in [6.07, 6.45) is 2.37. The summed E-state index contributed by atoms with van der Waals surface area (Å²) < 4.78 is 29.8. The molecule has 1 aliphatic heterocycles. The minimum atomic E-state index is -3.95. The third-order valence-corrected chi connectivity index (χ3v) is 11.5. The predicted octanol–water partition coefficient (Wildman–Crippen LogP) is 5.57. The SMILES string of the molecule is C=Nc1ccc([C@@H](C)C(=N)CC(=O)[C@H](C)NC[C@H](Cc2ccccn2)NC(=O)c2cc(C(=O)C(=N)[C@H](C)c3ccccc3)cc(N3CCCNS3(=O)=O)c2)cc1. The summed E-state index contributed by atoms with van der Waals surface area (Å²) in [5.74, 6) is -2.24. The van der Waals surface area contributed by atoms with Crippen molar-refractivity contribution in [3.8, 4) is 0 Å². The van der Waals surface area contributed by atoms with Crippen molar-refractivity contribution in [3.05, 3.63) is 125 Å². The van der Waals surface area contributed by atoms with E-state index in [1.54, 1.807) is 26.1 Å². The van der Waals surface area contributed by atoms with Crippen LogP contribution in [0.2, 0.25) is 0 Å². The minimum absolute atomic E-state index is 0.00446. The molecule has 13 nitrogen and oxygen atoms in total. The largest absolute Gasteiger partial charge is 0.348 e. The third kappa shape index (κ3) is 10.5. The Morgan fingerprint density at radius 2 is 1.59 bits per heavy atom. The van der Waals surface area contributed by atoms with Crippen LogP contribution in [0.1, 0.15) is 83.0 Å². The standard InChI is InChI=1S/C42H48N8O5S/c1-27(31-14-16-34(45-4)17-15-31)38(43)25-39(51)29(3)47-26-36(24-35-13-8-9-18-46-35)49-42(53)33-21-32(22-37(23-33)50-20-10-19-48-56(50,54)55)41(52)40(44)28(2)30-11-6-5-7-12-30/h5-9,11-18,21-23,27-29,36,43-44,47-48H,4,10,19-20,24-26H2,1-3H3,(H,49,53)/t27-,28-,29+,36+/m1/s1. The molecule has 2 heterocycles. The van der Waals surface area contributed by atoms with Gasteiger partial charge in [-0.05, 0) is 73.7 Å². The van der Waals surface area contributed by atoms with E-state index < -0.39 is 39.9 Å². The molecule has 3 aromatic carbocycles. The molecule has 0 saturated carbocycles. The number of pyridine rings is 1. The Kier molecular flexibility index (Phi) is 13.9. The van der Waals surface area contributed by atoms with Crippen LogP contribution < -0.4 is 19.7 Å². The van der Waals surface area contributed by atoms with Gasteiger partial charge in [-0.3, -0.25) is 28.7 Å². The van der Waals surface area contributed by atoms with Crippen molar-refractivity contribution in [1.82, 2.24) is 20.3 Å². The molecule has 1 amide bonds. The van der Waals surface area contributed by atoms with E-state index in [1.807, 2.05) is 73.7 Å². The van der Waals surface area contributed by atoms with E-state index in [9.17, 15) is 22.8 Å². The van der Waals surface area contributed by atoms with Gasteiger partial charge < -0.3 is 21.5 Å². The highest BCUT2D eigenvalue weighted by Gasteiger charge is 2.29. The fourth-order valence-corrected chi connectivity index (χ4v) is 7.69. The Morgan fingerprint density at radius 1 is 0.911 bits per heavy atom. The Bertz CT molecular complexity index is 2180. The maximum absolute atomic E-state index is 14.1.